The molecule has 0 aromatic carbocycles. The molecule has 0 saturated carbocycles. The lowest BCUT2D eigenvalue weighted by Crippen LogP contribution is -2.60. The van der Waals surface area contributed by atoms with E-state index < -0.39 is 71.2 Å². The number of ether oxygens (including phenoxy) is 4. The molecule has 1 aliphatic rings. The molecule has 1 aliphatic heterocycles. The molecule has 0 bridgehead atoms. The molecule has 68 heavy (non-hydrogen) atoms. The van der Waals surface area contributed by atoms with Crippen LogP contribution in [0.25, 0.3) is 0 Å². The van der Waals surface area contributed by atoms with Crippen LogP contribution in [0, 0.1) is 0 Å². The summed E-state index contributed by atoms with van der Waals surface area (Å²) in [6.07, 6.45) is 50.2. The predicted molar refractivity (Wildman–Crippen MR) is 274 cm³/mol. The molecule has 4 N–H and O–H groups in total. The molecule has 0 aromatic heterocycles. The van der Waals surface area contributed by atoms with Gasteiger partial charge in [-0.25, -0.2) is 0 Å². The zero-order chi connectivity index (χ0) is 49.8. The van der Waals surface area contributed by atoms with Crippen molar-refractivity contribution in [3.05, 3.63) is 97.2 Å². The molecule has 1 fully saturated rings. The zero-order valence-corrected chi connectivity index (χ0v) is 42.5. The Hall–Kier alpha value is -3.43. The van der Waals surface area contributed by atoms with Crippen molar-refractivity contribution >= 4 is 22.1 Å². The van der Waals surface area contributed by atoms with Gasteiger partial charge in [0.15, 0.2) is 12.4 Å². The van der Waals surface area contributed by atoms with Crippen LogP contribution in [0.3, 0.4) is 0 Å². The molecule has 388 valence electrons. The lowest BCUT2D eigenvalue weighted by Gasteiger charge is -2.40. The number of hydrogen-bond acceptors (Lipinski definition) is 11. The summed E-state index contributed by atoms with van der Waals surface area (Å²) in [5.74, 6) is -2.11. The number of unbranched alkanes of at least 4 members (excludes halogenated alkanes) is 14. The van der Waals surface area contributed by atoms with Gasteiger partial charge in [-0.1, -0.05) is 169 Å². The van der Waals surface area contributed by atoms with Gasteiger partial charge in [-0.05, 0) is 96.3 Å². The number of carbonyl (C=O) groups excluding carboxylic acids is 2. The number of allylic oxidation sites excluding steroid dienone is 16. The van der Waals surface area contributed by atoms with Crippen LogP contribution in [0.15, 0.2) is 97.2 Å². The summed E-state index contributed by atoms with van der Waals surface area (Å²) in [6, 6.07) is 0. The van der Waals surface area contributed by atoms with Gasteiger partial charge in [-0.3, -0.25) is 14.1 Å². The SMILES string of the molecule is CCCCC/C=C/C/C=C/C/C=C/C/C=C/CCCCCC(=O)OC[C@H](CO[C@H]1O[C@H](CS(=O)(=O)O)[C@@H](O)C(O)C1O)OC(=O)CCC/C=C/C/C=C/C/C=C/C/C=C/CCCCCCCCC. The first-order chi connectivity index (χ1) is 33.0. The predicted octanol–water partition coefficient (Wildman–Crippen LogP) is 11.8. The summed E-state index contributed by atoms with van der Waals surface area (Å²) in [5.41, 5.74) is 0. The average Bonchev–Trinajstić information content (AvgIpc) is 3.31. The van der Waals surface area contributed by atoms with Crippen LogP contribution >= 0.6 is 0 Å². The minimum absolute atomic E-state index is 0.0756. The minimum atomic E-state index is -4.62. The summed E-state index contributed by atoms with van der Waals surface area (Å²) in [4.78, 5) is 25.5. The molecule has 13 heteroatoms. The summed E-state index contributed by atoms with van der Waals surface area (Å²) in [5, 5.41) is 31.0. The maximum Gasteiger partial charge on any atom is 0.306 e. The molecule has 0 spiro atoms. The fourth-order valence-corrected chi connectivity index (χ4v) is 7.81. The molecule has 0 amide bonds. The van der Waals surface area contributed by atoms with E-state index in [-0.39, 0.29) is 19.4 Å². The Morgan fingerprint density at radius 1 is 0.500 bits per heavy atom. The van der Waals surface area contributed by atoms with Crippen molar-refractivity contribution in [2.24, 2.45) is 0 Å². The molecule has 6 atom stereocenters. The molecular formula is C55H90O12S. The van der Waals surface area contributed by atoms with Crippen molar-refractivity contribution in [3.63, 3.8) is 0 Å². The maximum absolute atomic E-state index is 12.9. The average molecular weight is 975 g/mol. The molecular weight excluding hydrogens is 885 g/mol. The van der Waals surface area contributed by atoms with Gasteiger partial charge >= 0.3 is 11.9 Å². The third-order valence-corrected chi connectivity index (χ3v) is 11.9. The largest absolute Gasteiger partial charge is 0.462 e. The third-order valence-electron chi connectivity index (χ3n) is 11.1. The second kappa shape index (κ2) is 43.6. The van der Waals surface area contributed by atoms with Gasteiger partial charge < -0.3 is 34.3 Å². The topological polar surface area (TPSA) is 186 Å². The molecule has 1 heterocycles. The lowest BCUT2D eigenvalue weighted by atomic mass is 10.00. The Morgan fingerprint density at radius 3 is 1.38 bits per heavy atom. The van der Waals surface area contributed by atoms with Crippen molar-refractivity contribution in [2.45, 2.75) is 218 Å². The van der Waals surface area contributed by atoms with Crippen LogP contribution in [0.1, 0.15) is 181 Å². The van der Waals surface area contributed by atoms with Crippen LogP contribution in [0.4, 0.5) is 0 Å². The van der Waals surface area contributed by atoms with Crippen molar-refractivity contribution < 1.29 is 56.8 Å². The number of aliphatic hydroxyl groups excluding tert-OH is 3. The minimum Gasteiger partial charge on any atom is -0.462 e. The van der Waals surface area contributed by atoms with E-state index in [1.807, 2.05) is 12.2 Å². The number of hydrogen-bond donors (Lipinski definition) is 4. The van der Waals surface area contributed by atoms with Gasteiger partial charge in [-0.2, -0.15) is 8.42 Å². The maximum atomic E-state index is 12.9. The van der Waals surface area contributed by atoms with E-state index >= 15 is 0 Å². The molecule has 1 saturated heterocycles. The monoisotopic (exact) mass is 975 g/mol. The van der Waals surface area contributed by atoms with E-state index in [1.165, 1.54) is 64.2 Å². The fraction of sp³-hybridized carbons (Fsp3) is 0.673. The summed E-state index contributed by atoms with van der Waals surface area (Å²) in [7, 11) is -4.62. The Morgan fingerprint density at radius 2 is 0.897 bits per heavy atom. The zero-order valence-electron chi connectivity index (χ0n) is 41.7. The highest BCUT2D eigenvalue weighted by molar-refractivity contribution is 7.85. The van der Waals surface area contributed by atoms with Gasteiger partial charge in [0.2, 0.25) is 0 Å². The smallest absolute Gasteiger partial charge is 0.306 e. The van der Waals surface area contributed by atoms with Crippen molar-refractivity contribution in [1.82, 2.24) is 0 Å². The van der Waals surface area contributed by atoms with E-state index in [0.717, 1.165) is 70.6 Å². The van der Waals surface area contributed by atoms with Gasteiger partial charge in [0.05, 0.1) is 6.61 Å². The van der Waals surface area contributed by atoms with Crippen LogP contribution in [-0.2, 0) is 38.7 Å². The van der Waals surface area contributed by atoms with E-state index in [4.69, 9.17) is 18.9 Å². The Balaban J connectivity index is 2.47. The fourth-order valence-electron chi connectivity index (χ4n) is 7.12. The molecule has 2 unspecified atom stereocenters. The van der Waals surface area contributed by atoms with E-state index in [1.54, 1.807) is 0 Å². The number of carbonyl (C=O) groups is 2. The first-order valence-electron chi connectivity index (χ1n) is 25.8. The lowest BCUT2D eigenvalue weighted by molar-refractivity contribution is -0.297. The Bertz CT molecular complexity index is 1610. The van der Waals surface area contributed by atoms with Crippen molar-refractivity contribution in [2.75, 3.05) is 19.0 Å². The van der Waals surface area contributed by atoms with Gasteiger partial charge in [0.1, 0.15) is 36.8 Å². The molecule has 0 aliphatic carbocycles. The highest BCUT2D eigenvalue weighted by Gasteiger charge is 2.46. The van der Waals surface area contributed by atoms with Crippen LogP contribution in [0.5, 0.6) is 0 Å². The summed E-state index contributed by atoms with van der Waals surface area (Å²) in [6.45, 7) is 3.66. The van der Waals surface area contributed by atoms with Gasteiger partial charge in [0, 0.05) is 12.8 Å². The molecule has 0 aromatic rings. The van der Waals surface area contributed by atoms with E-state index in [9.17, 15) is 37.9 Å². The normalized spacial score (nSPS) is 20.0. The summed E-state index contributed by atoms with van der Waals surface area (Å²) >= 11 is 0. The standard InChI is InChI=1S/C55H90O12S/c1-3-5-7-9-11-13-15-17-19-21-23-24-26-28-30-32-34-36-38-40-42-44-51(57)66-48(46-65-55-54(60)53(59)52(58)49(67-55)47-68(61,62)63)45-64-50(56)43-41-39-37-35-33-31-29-27-25-22-20-18-16-14-12-10-8-6-4-2/h12,14,18-21,24-27,30-33,36,38,48-49,52-55,58-60H,3-11,13,15-17,22-23,28-29,34-35,37,39-47H2,1-2H3,(H,61,62,63)/b14-12+,20-18+,21-19+,26-24+,27-25+,32-30+,33-31+,38-36+/t48-,49-,52-,53?,54?,55+/m1/s1. The van der Waals surface area contributed by atoms with Crippen LogP contribution in [0.2, 0.25) is 0 Å². The molecule has 1 rings (SSSR count). The van der Waals surface area contributed by atoms with E-state index in [2.05, 4.69) is 98.9 Å². The Labute approximate surface area is 411 Å². The first-order valence-corrected chi connectivity index (χ1v) is 27.4. The number of esters is 2. The second-order valence-corrected chi connectivity index (χ2v) is 19.0. The number of rotatable bonds is 42. The van der Waals surface area contributed by atoms with E-state index in [0.29, 0.717) is 19.3 Å². The van der Waals surface area contributed by atoms with Gasteiger partial charge in [-0.15, -0.1) is 0 Å². The number of aliphatic hydroxyl groups is 3. The second-order valence-electron chi connectivity index (χ2n) is 17.5. The third kappa shape index (κ3) is 37.5. The molecule has 0 radical (unpaired) electrons. The Kier molecular flexibility index (Phi) is 40.1. The highest BCUT2D eigenvalue weighted by atomic mass is 32.2. The van der Waals surface area contributed by atoms with Crippen LogP contribution in [-0.4, -0.2) is 96.0 Å². The highest BCUT2D eigenvalue weighted by Crippen LogP contribution is 2.24. The quantitative estimate of drug-likeness (QED) is 0.0197. The van der Waals surface area contributed by atoms with Crippen molar-refractivity contribution in [3.8, 4) is 0 Å². The first kappa shape index (κ1) is 62.6. The molecule has 12 nitrogen and oxygen atoms in total. The summed E-state index contributed by atoms with van der Waals surface area (Å²) < 4.78 is 54.1. The van der Waals surface area contributed by atoms with Gasteiger partial charge in [0.25, 0.3) is 10.1 Å². The van der Waals surface area contributed by atoms with Crippen LogP contribution < -0.4 is 0 Å². The van der Waals surface area contributed by atoms with Crippen molar-refractivity contribution in [1.29, 1.82) is 0 Å².